The standard InChI is InChI=1S/C18H20N2O2/c1-5-14-9-6-10-15(21)16(14)18(22-4)20-13(3)17-12(2)8-7-11-19-17/h6-11,21H,3,5H2,1-2,4H3. The highest BCUT2D eigenvalue weighted by Gasteiger charge is 2.15. The van der Waals surface area contributed by atoms with E-state index in [1.54, 1.807) is 12.3 Å². The van der Waals surface area contributed by atoms with Crippen LogP contribution in [0.15, 0.2) is 48.1 Å². The highest BCUT2D eigenvalue weighted by Crippen LogP contribution is 2.25. The second-order valence-electron chi connectivity index (χ2n) is 4.90. The summed E-state index contributed by atoms with van der Waals surface area (Å²) in [6, 6.07) is 9.19. The van der Waals surface area contributed by atoms with Gasteiger partial charge in [0.15, 0.2) is 0 Å². The summed E-state index contributed by atoms with van der Waals surface area (Å²) < 4.78 is 5.39. The zero-order valence-corrected chi connectivity index (χ0v) is 13.1. The van der Waals surface area contributed by atoms with Crippen LogP contribution in [0.2, 0.25) is 0 Å². The molecule has 114 valence electrons. The average Bonchev–Trinajstić information content (AvgIpc) is 2.53. The van der Waals surface area contributed by atoms with Crippen molar-refractivity contribution in [1.82, 2.24) is 4.98 Å². The number of rotatable bonds is 4. The Kier molecular flexibility index (Phi) is 4.94. The molecule has 0 radical (unpaired) electrons. The number of benzene rings is 1. The van der Waals surface area contributed by atoms with Gasteiger partial charge in [-0.25, -0.2) is 4.99 Å². The number of nitrogens with zero attached hydrogens (tertiary/aromatic N) is 2. The minimum Gasteiger partial charge on any atom is -0.507 e. The monoisotopic (exact) mass is 296 g/mol. The smallest absolute Gasteiger partial charge is 0.225 e. The van der Waals surface area contributed by atoms with Crippen LogP contribution in [-0.4, -0.2) is 23.1 Å². The second-order valence-corrected chi connectivity index (χ2v) is 4.90. The SMILES string of the molecule is C=C(N=C(OC)c1c(O)cccc1CC)c1ncccc1C. The van der Waals surface area contributed by atoms with E-state index in [1.165, 1.54) is 7.11 Å². The first-order valence-corrected chi connectivity index (χ1v) is 7.13. The van der Waals surface area contributed by atoms with E-state index in [1.807, 2.05) is 38.1 Å². The van der Waals surface area contributed by atoms with E-state index >= 15 is 0 Å². The number of hydrogen-bond acceptors (Lipinski definition) is 4. The van der Waals surface area contributed by atoms with Crippen LogP contribution < -0.4 is 0 Å². The molecule has 0 aliphatic rings. The highest BCUT2D eigenvalue weighted by molar-refractivity contribution is 6.00. The van der Waals surface area contributed by atoms with Crippen LogP contribution in [0.1, 0.15) is 29.3 Å². The first-order valence-electron chi connectivity index (χ1n) is 7.13. The van der Waals surface area contributed by atoms with Crippen LogP contribution >= 0.6 is 0 Å². The van der Waals surface area contributed by atoms with Crippen molar-refractivity contribution in [2.45, 2.75) is 20.3 Å². The maximum atomic E-state index is 10.2. The average molecular weight is 296 g/mol. The van der Waals surface area contributed by atoms with E-state index in [-0.39, 0.29) is 5.75 Å². The quantitative estimate of drug-likeness (QED) is 0.691. The van der Waals surface area contributed by atoms with Gasteiger partial charge in [-0.1, -0.05) is 31.7 Å². The molecule has 1 N–H and O–H groups in total. The van der Waals surface area contributed by atoms with Crippen molar-refractivity contribution in [2.24, 2.45) is 4.99 Å². The van der Waals surface area contributed by atoms with Gasteiger partial charge in [0.1, 0.15) is 5.75 Å². The Labute approximate surface area is 130 Å². The van der Waals surface area contributed by atoms with Gasteiger partial charge in [0, 0.05) is 6.20 Å². The van der Waals surface area contributed by atoms with E-state index in [0.717, 1.165) is 17.5 Å². The van der Waals surface area contributed by atoms with Gasteiger partial charge in [-0.3, -0.25) is 4.98 Å². The van der Waals surface area contributed by atoms with Gasteiger partial charge in [0.25, 0.3) is 0 Å². The Morgan fingerprint density at radius 3 is 2.73 bits per heavy atom. The van der Waals surface area contributed by atoms with E-state index in [0.29, 0.717) is 22.9 Å². The molecule has 0 spiro atoms. The third-order valence-corrected chi connectivity index (χ3v) is 3.44. The molecule has 0 bridgehead atoms. The molecule has 2 aromatic rings. The fourth-order valence-corrected chi connectivity index (χ4v) is 2.30. The molecule has 0 saturated carbocycles. The fourth-order valence-electron chi connectivity index (χ4n) is 2.30. The second kappa shape index (κ2) is 6.89. The summed E-state index contributed by atoms with van der Waals surface area (Å²) in [7, 11) is 1.53. The van der Waals surface area contributed by atoms with Gasteiger partial charge >= 0.3 is 0 Å². The molecular formula is C18H20N2O2. The van der Waals surface area contributed by atoms with Gasteiger partial charge < -0.3 is 9.84 Å². The lowest BCUT2D eigenvalue weighted by Gasteiger charge is -2.12. The highest BCUT2D eigenvalue weighted by atomic mass is 16.5. The number of phenolic OH excluding ortho intramolecular Hbond substituents is 1. The zero-order chi connectivity index (χ0) is 16.1. The maximum absolute atomic E-state index is 10.2. The fraction of sp³-hybridized carbons (Fsp3) is 0.222. The van der Waals surface area contributed by atoms with Gasteiger partial charge in [0.2, 0.25) is 5.90 Å². The molecule has 22 heavy (non-hydrogen) atoms. The molecule has 0 amide bonds. The van der Waals surface area contributed by atoms with Crippen molar-refractivity contribution in [3.05, 3.63) is 65.5 Å². The molecule has 4 heteroatoms. The predicted octanol–water partition coefficient (Wildman–Crippen LogP) is 3.72. The Bertz CT molecular complexity index is 721. The summed E-state index contributed by atoms with van der Waals surface area (Å²) >= 11 is 0. The third kappa shape index (κ3) is 3.17. The number of methoxy groups -OCH3 is 1. The Morgan fingerprint density at radius 1 is 1.32 bits per heavy atom. The number of aliphatic imine (C=N–C) groups is 1. The van der Waals surface area contributed by atoms with Gasteiger partial charge in [-0.05, 0) is 36.6 Å². The number of aryl methyl sites for hydroxylation is 2. The van der Waals surface area contributed by atoms with Crippen molar-refractivity contribution in [2.75, 3.05) is 7.11 Å². The molecule has 4 nitrogen and oxygen atoms in total. The largest absolute Gasteiger partial charge is 0.507 e. The molecule has 1 aromatic carbocycles. The van der Waals surface area contributed by atoms with Crippen LogP contribution in [0, 0.1) is 6.92 Å². The Balaban J connectivity index is 2.49. The Morgan fingerprint density at radius 2 is 2.09 bits per heavy atom. The Hall–Kier alpha value is -2.62. The van der Waals surface area contributed by atoms with Gasteiger partial charge in [-0.2, -0.15) is 0 Å². The van der Waals surface area contributed by atoms with Crippen LogP contribution in [0.25, 0.3) is 5.70 Å². The normalized spacial score (nSPS) is 11.3. The van der Waals surface area contributed by atoms with E-state index in [9.17, 15) is 5.11 Å². The van der Waals surface area contributed by atoms with E-state index in [4.69, 9.17) is 4.74 Å². The van der Waals surface area contributed by atoms with Gasteiger partial charge in [0.05, 0.1) is 24.1 Å². The summed E-state index contributed by atoms with van der Waals surface area (Å²) in [5, 5.41) is 10.2. The van der Waals surface area contributed by atoms with Crippen molar-refractivity contribution in [1.29, 1.82) is 0 Å². The lowest BCUT2D eigenvalue weighted by molar-refractivity contribution is 0.399. The number of pyridine rings is 1. The molecule has 0 unspecified atom stereocenters. The number of hydrogen-bond donors (Lipinski definition) is 1. The van der Waals surface area contributed by atoms with Crippen molar-refractivity contribution in [3.8, 4) is 5.75 Å². The molecule has 0 saturated heterocycles. The summed E-state index contributed by atoms with van der Waals surface area (Å²) in [5.74, 6) is 0.482. The minimum atomic E-state index is 0.144. The summed E-state index contributed by atoms with van der Waals surface area (Å²) in [6.07, 6.45) is 2.47. The van der Waals surface area contributed by atoms with Crippen LogP contribution in [-0.2, 0) is 11.2 Å². The summed E-state index contributed by atoms with van der Waals surface area (Å²) in [5.41, 5.74) is 3.76. The molecule has 2 rings (SSSR count). The first-order chi connectivity index (χ1) is 10.6. The van der Waals surface area contributed by atoms with Crippen LogP contribution in [0.4, 0.5) is 0 Å². The summed E-state index contributed by atoms with van der Waals surface area (Å²) in [6.45, 7) is 7.94. The summed E-state index contributed by atoms with van der Waals surface area (Å²) in [4.78, 5) is 8.74. The van der Waals surface area contributed by atoms with Crippen molar-refractivity contribution in [3.63, 3.8) is 0 Å². The minimum absolute atomic E-state index is 0.144. The van der Waals surface area contributed by atoms with E-state index in [2.05, 4.69) is 16.6 Å². The molecule has 0 atom stereocenters. The molecule has 1 heterocycles. The number of phenols is 1. The number of ether oxygens (including phenoxy) is 1. The van der Waals surface area contributed by atoms with Crippen molar-refractivity contribution >= 4 is 11.6 Å². The molecule has 0 aliphatic heterocycles. The maximum Gasteiger partial charge on any atom is 0.225 e. The van der Waals surface area contributed by atoms with E-state index < -0.39 is 0 Å². The van der Waals surface area contributed by atoms with Crippen LogP contribution in [0.5, 0.6) is 5.75 Å². The van der Waals surface area contributed by atoms with Gasteiger partial charge in [-0.15, -0.1) is 0 Å². The topological polar surface area (TPSA) is 54.7 Å². The molecular weight excluding hydrogens is 276 g/mol. The lowest BCUT2D eigenvalue weighted by atomic mass is 10.0. The predicted molar refractivity (Wildman–Crippen MR) is 89.0 cm³/mol. The third-order valence-electron chi connectivity index (χ3n) is 3.44. The zero-order valence-electron chi connectivity index (χ0n) is 13.1. The van der Waals surface area contributed by atoms with Crippen molar-refractivity contribution < 1.29 is 9.84 Å². The molecule has 0 aliphatic carbocycles. The number of aromatic hydroxyl groups is 1. The molecule has 1 aromatic heterocycles. The number of aromatic nitrogens is 1. The lowest BCUT2D eigenvalue weighted by Crippen LogP contribution is -2.08. The van der Waals surface area contributed by atoms with Crippen LogP contribution in [0.3, 0.4) is 0 Å². The first kappa shape index (κ1) is 15.8. The molecule has 0 fully saturated rings.